The first-order chi connectivity index (χ1) is 16.8. The second kappa shape index (κ2) is 11.4. The molecule has 0 unspecified atom stereocenters. The van der Waals surface area contributed by atoms with Gasteiger partial charge in [0, 0.05) is 32.4 Å². The molecule has 0 spiro atoms. The molecule has 4 rings (SSSR count). The van der Waals surface area contributed by atoms with Gasteiger partial charge in [-0.05, 0) is 76.1 Å². The Kier molecular flexibility index (Phi) is 8.23. The number of amides is 1. The summed E-state index contributed by atoms with van der Waals surface area (Å²) in [7, 11) is 1.57. The molecule has 4 aromatic rings. The van der Waals surface area contributed by atoms with Gasteiger partial charge in [-0.2, -0.15) is 5.10 Å². The van der Waals surface area contributed by atoms with Gasteiger partial charge in [-0.1, -0.05) is 40.9 Å². The molecule has 0 saturated heterocycles. The lowest BCUT2D eigenvalue weighted by molar-refractivity contribution is 0.102. The number of ether oxygens (including phenoxy) is 2. The summed E-state index contributed by atoms with van der Waals surface area (Å²) in [6.45, 7) is 0.630. The topological polar surface area (TPSA) is 65.4 Å². The summed E-state index contributed by atoms with van der Waals surface area (Å²) >= 11 is 21.6. The van der Waals surface area contributed by atoms with Crippen molar-refractivity contribution in [3.05, 3.63) is 103 Å². The minimum absolute atomic E-state index is 0.214. The van der Waals surface area contributed by atoms with Gasteiger partial charge in [0.25, 0.3) is 5.91 Å². The molecule has 3 aromatic carbocycles. The van der Waals surface area contributed by atoms with E-state index < -0.39 is 0 Å². The summed E-state index contributed by atoms with van der Waals surface area (Å²) in [6, 6.07) is 17.5. The highest BCUT2D eigenvalue weighted by Crippen LogP contribution is 2.27. The van der Waals surface area contributed by atoms with E-state index in [0.29, 0.717) is 49.0 Å². The van der Waals surface area contributed by atoms with Crippen LogP contribution in [0.3, 0.4) is 0 Å². The van der Waals surface area contributed by atoms with Crippen molar-refractivity contribution in [3.8, 4) is 11.5 Å². The molecule has 180 valence electrons. The van der Waals surface area contributed by atoms with Crippen molar-refractivity contribution < 1.29 is 14.3 Å². The Morgan fingerprint density at radius 1 is 1.00 bits per heavy atom. The molecule has 1 heterocycles. The number of halogens is 4. The van der Waals surface area contributed by atoms with E-state index >= 15 is 0 Å². The Labute approximate surface area is 225 Å². The predicted molar refractivity (Wildman–Crippen MR) is 142 cm³/mol. The van der Waals surface area contributed by atoms with Crippen LogP contribution in [0.2, 0.25) is 15.1 Å². The molecular formula is C25H19BrCl3N3O3. The van der Waals surface area contributed by atoms with Crippen LogP contribution in [-0.4, -0.2) is 22.8 Å². The summed E-state index contributed by atoms with van der Waals surface area (Å²) in [5.41, 5.74) is 2.00. The van der Waals surface area contributed by atoms with Crippen molar-refractivity contribution in [2.45, 2.75) is 13.2 Å². The first kappa shape index (κ1) is 25.4. The Hall–Kier alpha value is -2.71. The number of nitrogens with zero attached hydrogens (tertiary/aromatic N) is 2. The number of hydrogen-bond donors (Lipinski definition) is 1. The quantitative estimate of drug-likeness (QED) is 0.229. The lowest BCUT2D eigenvalue weighted by atomic mass is 10.1. The van der Waals surface area contributed by atoms with Crippen LogP contribution in [0.1, 0.15) is 21.5 Å². The Morgan fingerprint density at radius 2 is 1.74 bits per heavy atom. The number of hydrogen-bond acceptors (Lipinski definition) is 4. The lowest BCUT2D eigenvalue weighted by Gasteiger charge is -2.12. The molecule has 0 aliphatic rings. The van der Waals surface area contributed by atoms with Gasteiger partial charge in [0.15, 0.2) is 5.82 Å². The number of benzene rings is 3. The van der Waals surface area contributed by atoms with Crippen LogP contribution in [0.5, 0.6) is 11.5 Å². The monoisotopic (exact) mass is 593 g/mol. The molecule has 1 aromatic heterocycles. The molecule has 1 amide bonds. The smallest absolute Gasteiger partial charge is 0.256 e. The standard InChI is InChI=1S/C25H19BrCl3N3O3/c1-34-23-9-3-15(10-17(23)14-35-20-7-5-18(27)6-8-20)25(33)30-24-21(26)13-32(31-24)12-16-2-4-19(28)11-22(16)29/h2-11,13H,12,14H2,1H3,(H,30,31,33). The third kappa shape index (κ3) is 6.49. The predicted octanol–water partition coefficient (Wildman–Crippen LogP) is 7.49. The highest BCUT2D eigenvalue weighted by atomic mass is 79.9. The van der Waals surface area contributed by atoms with Crippen LogP contribution in [0.4, 0.5) is 5.82 Å². The molecule has 0 radical (unpaired) electrons. The van der Waals surface area contributed by atoms with E-state index in [0.717, 1.165) is 11.1 Å². The second-order valence-electron chi connectivity index (χ2n) is 7.48. The van der Waals surface area contributed by atoms with Gasteiger partial charge in [-0.3, -0.25) is 9.48 Å². The van der Waals surface area contributed by atoms with E-state index in [4.69, 9.17) is 44.3 Å². The third-order valence-electron chi connectivity index (χ3n) is 5.05. The van der Waals surface area contributed by atoms with Gasteiger partial charge in [-0.25, -0.2) is 0 Å². The van der Waals surface area contributed by atoms with E-state index in [2.05, 4.69) is 26.3 Å². The average Bonchev–Trinajstić information content (AvgIpc) is 3.18. The van der Waals surface area contributed by atoms with Crippen molar-refractivity contribution >= 4 is 62.5 Å². The van der Waals surface area contributed by atoms with Gasteiger partial charge in [0.1, 0.15) is 18.1 Å². The summed E-state index contributed by atoms with van der Waals surface area (Å²) in [6.07, 6.45) is 1.76. The van der Waals surface area contributed by atoms with Crippen LogP contribution in [-0.2, 0) is 13.2 Å². The molecule has 35 heavy (non-hydrogen) atoms. The summed E-state index contributed by atoms with van der Waals surface area (Å²) in [5, 5.41) is 9.02. The normalized spacial score (nSPS) is 10.8. The molecule has 0 aliphatic carbocycles. The third-order valence-corrected chi connectivity index (χ3v) is 6.47. The largest absolute Gasteiger partial charge is 0.496 e. The first-order valence-electron chi connectivity index (χ1n) is 10.4. The number of aromatic nitrogens is 2. The minimum Gasteiger partial charge on any atom is -0.496 e. The number of carbonyl (C=O) groups excluding carboxylic acids is 1. The highest BCUT2D eigenvalue weighted by Gasteiger charge is 2.15. The summed E-state index contributed by atoms with van der Waals surface area (Å²) in [4.78, 5) is 13.0. The zero-order chi connectivity index (χ0) is 24.9. The Balaban J connectivity index is 1.47. The fraction of sp³-hybridized carbons (Fsp3) is 0.120. The number of methoxy groups -OCH3 is 1. The van der Waals surface area contributed by atoms with E-state index in [1.165, 1.54) is 0 Å². The SMILES string of the molecule is COc1ccc(C(=O)Nc2nn(Cc3ccc(Cl)cc3Cl)cc2Br)cc1COc1ccc(Cl)cc1. The molecule has 1 N–H and O–H groups in total. The lowest BCUT2D eigenvalue weighted by Crippen LogP contribution is -2.14. The van der Waals surface area contributed by atoms with Crippen molar-refractivity contribution in [3.63, 3.8) is 0 Å². The van der Waals surface area contributed by atoms with Crippen molar-refractivity contribution in [1.82, 2.24) is 9.78 Å². The van der Waals surface area contributed by atoms with Crippen molar-refractivity contribution in [1.29, 1.82) is 0 Å². The van der Waals surface area contributed by atoms with Crippen LogP contribution in [0.25, 0.3) is 0 Å². The van der Waals surface area contributed by atoms with Crippen molar-refractivity contribution in [2.75, 3.05) is 12.4 Å². The zero-order valence-corrected chi connectivity index (χ0v) is 22.2. The second-order valence-corrected chi connectivity index (χ2v) is 9.62. The summed E-state index contributed by atoms with van der Waals surface area (Å²) in [5.74, 6) is 1.33. The molecule has 0 atom stereocenters. The number of carbonyl (C=O) groups is 1. The van der Waals surface area contributed by atoms with Gasteiger partial charge < -0.3 is 14.8 Å². The first-order valence-corrected chi connectivity index (χ1v) is 12.3. The molecular weight excluding hydrogens is 577 g/mol. The molecule has 0 saturated carbocycles. The Bertz CT molecular complexity index is 1360. The van der Waals surface area contributed by atoms with E-state index in [1.807, 2.05) is 6.07 Å². The number of anilines is 1. The van der Waals surface area contributed by atoms with E-state index in [-0.39, 0.29) is 12.5 Å². The average molecular weight is 596 g/mol. The van der Waals surface area contributed by atoms with Crippen LogP contribution in [0, 0.1) is 0 Å². The maximum absolute atomic E-state index is 13.0. The highest BCUT2D eigenvalue weighted by molar-refractivity contribution is 9.10. The van der Waals surface area contributed by atoms with Crippen LogP contribution < -0.4 is 14.8 Å². The number of rotatable bonds is 8. The maximum atomic E-state index is 13.0. The molecule has 0 bridgehead atoms. The molecule has 10 heteroatoms. The van der Waals surface area contributed by atoms with E-state index in [1.54, 1.807) is 72.6 Å². The fourth-order valence-electron chi connectivity index (χ4n) is 3.29. The van der Waals surface area contributed by atoms with Gasteiger partial charge in [-0.15, -0.1) is 0 Å². The molecule has 6 nitrogen and oxygen atoms in total. The maximum Gasteiger partial charge on any atom is 0.256 e. The van der Waals surface area contributed by atoms with E-state index in [9.17, 15) is 4.79 Å². The van der Waals surface area contributed by atoms with Crippen molar-refractivity contribution in [2.24, 2.45) is 0 Å². The number of nitrogens with one attached hydrogen (secondary N) is 1. The summed E-state index contributed by atoms with van der Waals surface area (Å²) < 4.78 is 13.6. The Morgan fingerprint density at radius 3 is 2.46 bits per heavy atom. The van der Waals surface area contributed by atoms with Crippen LogP contribution in [0.15, 0.2) is 71.3 Å². The molecule has 0 fully saturated rings. The van der Waals surface area contributed by atoms with Gasteiger partial charge in [0.2, 0.25) is 0 Å². The minimum atomic E-state index is -0.323. The molecule has 0 aliphatic heterocycles. The van der Waals surface area contributed by atoms with Crippen LogP contribution >= 0.6 is 50.7 Å². The van der Waals surface area contributed by atoms with Gasteiger partial charge in [0.05, 0.1) is 18.1 Å². The zero-order valence-electron chi connectivity index (χ0n) is 18.4. The van der Waals surface area contributed by atoms with Gasteiger partial charge >= 0.3 is 0 Å². The fourth-order valence-corrected chi connectivity index (χ4v) is 4.30.